The highest BCUT2D eigenvalue weighted by molar-refractivity contribution is 5.98. The molecule has 2 aliphatic carbocycles. The number of ether oxygens (including phenoxy) is 1. The number of fused-ring (bicyclic) bond motifs is 1. The van der Waals surface area contributed by atoms with Crippen LogP contribution < -0.4 is 9.64 Å². The molecule has 1 heterocycles. The standard InChI is InChI=1S/C18H23NO2/c1-17(2)12-19(14-7-3-4-8-15(14)21-17)16(20)13-6-5-9-18(13)10-11-18/h3-4,7-8,13H,5-6,9-12H2,1-2H3. The molecule has 1 unspecified atom stereocenters. The van der Waals surface area contributed by atoms with Crippen molar-refractivity contribution in [3.8, 4) is 5.75 Å². The van der Waals surface area contributed by atoms with E-state index in [-0.39, 0.29) is 11.5 Å². The number of anilines is 1. The van der Waals surface area contributed by atoms with E-state index >= 15 is 0 Å². The van der Waals surface area contributed by atoms with Crippen molar-refractivity contribution in [1.29, 1.82) is 0 Å². The van der Waals surface area contributed by atoms with Gasteiger partial charge in [0.25, 0.3) is 0 Å². The molecule has 3 aliphatic rings. The fourth-order valence-electron chi connectivity index (χ4n) is 4.23. The van der Waals surface area contributed by atoms with E-state index in [2.05, 4.69) is 13.8 Å². The summed E-state index contributed by atoms with van der Waals surface area (Å²) in [5.74, 6) is 1.40. The van der Waals surface area contributed by atoms with E-state index in [0.29, 0.717) is 17.9 Å². The van der Waals surface area contributed by atoms with E-state index in [1.165, 1.54) is 25.7 Å². The summed E-state index contributed by atoms with van der Waals surface area (Å²) >= 11 is 0. The predicted octanol–water partition coefficient (Wildman–Crippen LogP) is 3.77. The number of carbonyl (C=O) groups is 1. The molecular formula is C18H23NO2. The Morgan fingerprint density at radius 3 is 2.76 bits per heavy atom. The van der Waals surface area contributed by atoms with Crippen molar-refractivity contribution in [3.63, 3.8) is 0 Å². The molecule has 2 fully saturated rings. The average Bonchev–Trinajstić information content (AvgIpc) is 3.08. The second-order valence-electron chi connectivity index (χ2n) is 7.56. The molecule has 3 heteroatoms. The van der Waals surface area contributed by atoms with E-state index in [4.69, 9.17) is 4.74 Å². The molecule has 4 rings (SSSR count). The Bertz CT molecular complexity index is 589. The van der Waals surface area contributed by atoms with Crippen LogP contribution in [0.1, 0.15) is 46.0 Å². The Morgan fingerprint density at radius 2 is 2.00 bits per heavy atom. The highest BCUT2D eigenvalue weighted by atomic mass is 16.5. The van der Waals surface area contributed by atoms with Crippen molar-refractivity contribution < 1.29 is 9.53 Å². The molecule has 112 valence electrons. The second-order valence-corrected chi connectivity index (χ2v) is 7.56. The first-order valence-corrected chi connectivity index (χ1v) is 8.10. The Balaban J connectivity index is 1.69. The molecule has 1 amide bonds. The van der Waals surface area contributed by atoms with Crippen molar-refractivity contribution in [1.82, 2.24) is 0 Å². The van der Waals surface area contributed by atoms with Crippen LogP contribution in [-0.4, -0.2) is 18.1 Å². The maximum Gasteiger partial charge on any atom is 0.230 e. The zero-order valence-corrected chi connectivity index (χ0v) is 12.9. The maximum atomic E-state index is 13.2. The van der Waals surface area contributed by atoms with Gasteiger partial charge in [0.15, 0.2) is 0 Å². The molecule has 0 radical (unpaired) electrons. The fraction of sp³-hybridized carbons (Fsp3) is 0.611. The van der Waals surface area contributed by atoms with Gasteiger partial charge >= 0.3 is 0 Å². The molecule has 1 aromatic rings. The van der Waals surface area contributed by atoms with Crippen molar-refractivity contribution in [2.45, 2.75) is 51.6 Å². The summed E-state index contributed by atoms with van der Waals surface area (Å²) in [6.07, 6.45) is 6.03. The van der Waals surface area contributed by atoms with E-state index in [1.54, 1.807) is 0 Å². The summed E-state index contributed by atoms with van der Waals surface area (Å²) < 4.78 is 6.04. The Hall–Kier alpha value is -1.51. The molecule has 0 saturated heterocycles. The van der Waals surface area contributed by atoms with Crippen LogP contribution in [0.15, 0.2) is 24.3 Å². The lowest BCUT2D eigenvalue weighted by atomic mass is 9.90. The minimum absolute atomic E-state index is 0.236. The number of hydrogen-bond acceptors (Lipinski definition) is 2. The van der Waals surface area contributed by atoms with E-state index < -0.39 is 0 Å². The topological polar surface area (TPSA) is 29.5 Å². The lowest BCUT2D eigenvalue weighted by Crippen LogP contribution is -2.51. The van der Waals surface area contributed by atoms with Gasteiger partial charge in [-0.15, -0.1) is 0 Å². The fourth-order valence-corrected chi connectivity index (χ4v) is 4.23. The zero-order chi connectivity index (χ0) is 14.7. The van der Waals surface area contributed by atoms with Crippen LogP contribution in [0.5, 0.6) is 5.75 Å². The lowest BCUT2D eigenvalue weighted by molar-refractivity contribution is -0.124. The molecule has 0 bridgehead atoms. The van der Waals surface area contributed by atoms with Gasteiger partial charge in [-0.3, -0.25) is 4.79 Å². The summed E-state index contributed by atoms with van der Waals surface area (Å²) in [4.78, 5) is 15.2. The van der Waals surface area contributed by atoms with Crippen LogP contribution in [0.25, 0.3) is 0 Å². The summed E-state index contributed by atoms with van der Waals surface area (Å²) in [5.41, 5.74) is 0.984. The van der Waals surface area contributed by atoms with Gasteiger partial charge in [-0.2, -0.15) is 0 Å². The van der Waals surface area contributed by atoms with Crippen LogP contribution in [0, 0.1) is 11.3 Å². The average molecular weight is 285 g/mol. The van der Waals surface area contributed by atoms with E-state index in [1.807, 2.05) is 29.2 Å². The molecule has 1 spiro atoms. The quantitative estimate of drug-likeness (QED) is 0.786. The van der Waals surface area contributed by atoms with Crippen LogP contribution in [0.2, 0.25) is 0 Å². The number of nitrogens with zero attached hydrogens (tertiary/aromatic N) is 1. The first-order valence-electron chi connectivity index (χ1n) is 8.10. The molecule has 3 nitrogen and oxygen atoms in total. The second kappa shape index (κ2) is 4.25. The number of rotatable bonds is 1. The van der Waals surface area contributed by atoms with Gasteiger partial charge in [0.05, 0.1) is 12.2 Å². The van der Waals surface area contributed by atoms with Gasteiger partial charge in [0, 0.05) is 5.92 Å². The van der Waals surface area contributed by atoms with E-state index in [0.717, 1.165) is 17.9 Å². The maximum absolute atomic E-state index is 13.2. The molecule has 1 aromatic carbocycles. The van der Waals surface area contributed by atoms with Crippen molar-refractivity contribution in [2.75, 3.05) is 11.4 Å². The molecule has 0 aromatic heterocycles. The normalized spacial score (nSPS) is 28.1. The minimum Gasteiger partial charge on any atom is -0.484 e. The molecule has 2 saturated carbocycles. The number of para-hydroxylation sites is 2. The Morgan fingerprint density at radius 1 is 1.24 bits per heavy atom. The molecule has 21 heavy (non-hydrogen) atoms. The highest BCUT2D eigenvalue weighted by Crippen LogP contribution is 2.62. The third-order valence-corrected chi connectivity index (χ3v) is 5.44. The van der Waals surface area contributed by atoms with Gasteiger partial charge in [-0.1, -0.05) is 18.6 Å². The summed E-state index contributed by atoms with van der Waals surface area (Å²) in [5, 5.41) is 0. The van der Waals surface area contributed by atoms with Crippen molar-refractivity contribution in [3.05, 3.63) is 24.3 Å². The van der Waals surface area contributed by atoms with E-state index in [9.17, 15) is 4.79 Å². The van der Waals surface area contributed by atoms with Crippen LogP contribution in [0.3, 0.4) is 0 Å². The smallest absolute Gasteiger partial charge is 0.230 e. The molecule has 0 N–H and O–H groups in total. The van der Waals surface area contributed by atoms with Gasteiger partial charge in [0.2, 0.25) is 5.91 Å². The number of amides is 1. The summed E-state index contributed by atoms with van der Waals surface area (Å²) in [6, 6.07) is 7.94. The molecule has 1 aliphatic heterocycles. The monoisotopic (exact) mass is 285 g/mol. The summed E-state index contributed by atoms with van der Waals surface area (Å²) in [7, 11) is 0. The van der Waals surface area contributed by atoms with Crippen LogP contribution in [-0.2, 0) is 4.79 Å². The van der Waals surface area contributed by atoms with Gasteiger partial charge in [-0.05, 0) is 57.1 Å². The molecule has 1 atom stereocenters. The van der Waals surface area contributed by atoms with Crippen molar-refractivity contribution in [2.24, 2.45) is 11.3 Å². The Kier molecular flexibility index (Phi) is 2.66. The Labute approximate surface area is 126 Å². The lowest BCUT2D eigenvalue weighted by Gasteiger charge is -2.41. The number of benzene rings is 1. The van der Waals surface area contributed by atoms with Crippen molar-refractivity contribution >= 4 is 11.6 Å². The predicted molar refractivity (Wildman–Crippen MR) is 82.5 cm³/mol. The van der Waals surface area contributed by atoms with Crippen LogP contribution in [0.4, 0.5) is 5.69 Å². The van der Waals surface area contributed by atoms with Gasteiger partial charge in [-0.25, -0.2) is 0 Å². The third kappa shape index (κ3) is 2.05. The number of hydrogen-bond donors (Lipinski definition) is 0. The third-order valence-electron chi connectivity index (χ3n) is 5.44. The van der Waals surface area contributed by atoms with Gasteiger partial charge in [0.1, 0.15) is 11.4 Å². The van der Waals surface area contributed by atoms with Crippen LogP contribution >= 0.6 is 0 Å². The minimum atomic E-state index is -0.320. The SMILES string of the molecule is CC1(C)CN(C(=O)C2CCCC23CC3)c2ccccc2O1. The first kappa shape index (κ1) is 13.2. The summed E-state index contributed by atoms with van der Waals surface area (Å²) in [6.45, 7) is 4.77. The first-order chi connectivity index (χ1) is 10.0. The van der Waals surface area contributed by atoms with Gasteiger partial charge < -0.3 is 9.64 Å². The molecular weight excluding hydrogens is 262 g/mol. The highest BCUT2D eigenvalue weighted by Gasteiger charge is 2.56. The number of carbonyl (C=O) groups excluding carboxylic acids is 1. The zero-order valence-electron chi connectivity index (χ0n) is 12.9. The largest absolute Gasteiger partial charge is 0.484 e.